The van der Waals surface area contributed by atoms with Gasteiger partial charge in [-0.1, -0.05) is 0 Å². The summed E-state index contributed by atoms with van der Waals surface area (Å²) in [4.78, 5) is 25.8. The van der Waals surface area contributed by atoms with Crippen molar-refractivity contribution >= 4 is 11.9 Å². The van der Waals surface area contributed by atoms with Crippen LogP contribution in [0.3, 0.4) is 0 Å². The zero-order valence-electron chi connectivity index (χ0n) is 9.39. The second-order valence-electron chi connectivity index (χ2n) is 3.90. The van der Waals surface area contributed by atoms with E-state index in [1.54, 1.807) is 4.90 Å². The van der Waals surface area contributed by atoms with Crippen molar-refractivity contribution in [2.24, 2.45) is 5.73 Å². The Morgan fingerprint density at radius 1 is 1.12 bits per heavy atom. The van der Waals surface area contributed by atoms with Gasteiger partial charge in [-0.3, -0.25) is 14.5 Å². The van der Waals surface area contributed by atoms with Crippen LogP contribution in [-0.2, 0) is 9.59 Å². The summed E-state index contributed by atoms with van der Waals surface area (Å²) in [6.45, 7) is 3.82. The highest BCUT2D eigenvalue weighted by atomic mass is 16.4. The Morgan fingerprint density at radius 3 is 2.25 bits per heavy atom. The molecule has 16 heavy (non-hydrogen) atoms. The third-order valence-corrected chi connectivity index (χ3v) is 2.73. The molecule has 6 heteroatoms. The minimum atomic E-state index is -0.776. The number of nitrogens with two attached hydrogens (primary N) is 1. The van der Waals surface area contributed by atoms with Gasteiger partial charge in [-0.2, -0.15) is 0 Å². The first kappa shape index (κ1) is 12.9. The summed E-state index contributed by atoms with van der Waals surface area (Å²) in [5, 5.41) is 8.55. The fraction of sp³-hybridized carbons (Fsp3) is 0.800. The lowest BCUT2D eigenvalue weighted by Crippen LogP contribution is -2.49. The van der Waals surface area contributed by atoms with Crippen LogP contribution in [0.25, 0.3) is 0 Å². The number of carboxylic acid groups (broad SMARTS) is 1. The van der Waals surface area contributed by atoms with Crippen LogP contribution in [-0.4, -0.2) is 66.1 Å². The fourth-order valence-corrected chi connectivity index (χ4v) is 1.76. The third-order valence-electron chi connectivity index (χ3n) is 2.73. The Kier molecular flexibility index (Phi) is 5.21. The first-order valence-corrected chi connectivity index (χ1v) is 5.55. The summed E-state index contributed by atoms with van der Waals surface area (Å²) in [6.07, 6.45) is 0.561. The molecule has 92 valence electrons. The van der Waals surface area contributed by atoms with Crippen LogP contribution in [0, 0.1) is 0 Å². The molecule has 0 saturated carbocycles. The second-order valence-corrected chi connectivity index (χ2v) is 3.90. The van der Waals surface area contributed by atoms with Gasteiger partial charge in [0.2, 0.25) is 5.91 Å². The average Bonchev–Trinajstić information content (AvgIpc) is 2.27. The Bertz CT molecular complexity index is 250. The zero-order chi connectivity index (χ0) is 12.0. The lowest BCUT2D eigenvalue weighted by Gasteiger charge is -2.34. The van der Waals surface area contributed by atoms with Gasteiger partial charge in [0.15, 0.2) is 0 Å². The third kappa shape index (κ3) is 4.16. The highest BCUT2D eigenvalue weighted by Gasteiger charge is 2.20. The van der Waals surface area contributed by atoms with Crippen LogP contribution in [0.1, 0.15) is 12.8 Å². The van der Waals surface area contributed by atoms with Crippen LogP contribution in [0.4, 0.5) is 0 Å². The van der Waals surface area contributed by atoms with Gasteiger partial charge in [-0.05, 0) is 0 Å². The molecule has 1 heterocycles. The summed E-state index contributed by atoms with van der Waals surface area (Å²) in [6, 6.07) is 0. The second kappa shape index (κ2) is 6.44. The Balaban J connectivity index is 2.23. The summed E-state index contributed by atoms with van der Waals surface area (Å²) in [5.41, 5.74) is 5.32. The molecule has 0 spiro atoms. The van der Waals surface area contributed by atoms with Gasteiger partial charge in [0.25, 0.3) is 0 Å². The van der Waals surface area contributed by atoms with E-state index in [0.717, 1.165) is 13.1 Å². The molecule has 0 bridgehead atoms. The van der Waals surface area contributed by atoms with Crippen LogP contribution in [0.5, 0.6) is 0 Å². The van der Waals surface area contributed by atoms with Crippen molar-refractivity contribution in [3.05, 3.63) is 0 Å². The van der Waals surface area contributed by atoms with Gasteiger partial charge >= 0.3 is 5.97 Å². The molecule has 0 radical (unpaired) electrons. The summed E-state index contributed by atoms with van der Waals surface area (Å²) in [7, 11) is 0. The van der Waals surface area contributed by atoms with Gasteiger partial charge in [0, 0.05) is 45.7 Å². The average molecular weight is 229 g/mol. The highest BCUT2D eigenvalue weighted by Crippen LogP contribution is 2.04. The van der Waals surface area contributed by atoms with Crippen LogP contribution >= 0.6 is 0 Å². The molecule has 0 aliphatic carbocycles. The van der Waals surface area contributed by atoms with Gasteiger partial charge in [0.1, 0.15) is 0 Å². The van der Waals surface area contributed by atoms with Gasteiger partial charge in [0.05, 0.1) is 6.42 Å². The number of carbonyl (C=O) groups excluding carboxylic acids is 1. The first-order valence-electron chi connectivity index (χ1n) is 5.55. The largest absolute Gasteiger partial charge is 0.481 e. The van der Waals surface area contributed by atoms with Gasteiger partial charge in [-0.25, -0.2) is 0 Å². The maximum Gasteiger partial charge on any atom is 0.304 e. The summed E-state index contributed by atoms with van der Waals surface area (Å²) < 4.78 is 0. The smallest absolute Gasteiger partial charge is 0.304 e. The molecule has 0 aromatic rings. The maximum absolute atomic E-state index is 11.5. The van der Waals surface area contributed by atoms with E-state index in [9.17, 15) is 9.59 Å². The Morgan fingerprint density at radius 2 is 1.75 bits per heavy atom. The first-order chi connectivity index (χ1) is 7.63. The topological polar surface area (TPSA) is 86.9 Å². The SMILES string of the molecule is NCCC(=O)N1CCN(CCC(=O)O)CC1. The number of hydrogen-bond acceptors (Lipinski definition) is 4. The summed E-state index contributed by atoms with van der Waals surface area (Å²) >= 11 is 0. The fourth-order valence-electron chi connectivity index (χ4n) is 1.76. The number of rotatable bonds is 5. The van der Waals surface area contributed by atoms with Crippen molar-refractivity contribution in [1.29, 1.82) is 0 Å². The standard InChI is InChI=1S/C10H19N3O3/c11-3-1-9(14)13-7-5-12(6-8-13)4-2-10(15)16/h1-8,11H2,(H,15,16). The molecule has 0 aromatic carbocycles. The van der Waals surface area contributed by atoms with Gasteiger partial charge < -0.3 is 15.7 Å². The number of hydrogen-bond donors (Lipinski definition) is 2. The minimum absolute atomic E-state index is 0.0976. The predicted molar refractivity (Wildman–Crippen MR) is 58.9 cm³/mol. The molecule has 1 saturated heterocycles. The molecule has 3 N–H and O–H groups in total. The molecule has 1 rings (SSSR count). The van der Waals surface area contributed by atoms with E-state index in [4.69, 9.17) is 10.8 Å². The molecule has 6 nitrogen and oxygen atoms in total. The van der Waals surface area contributed by atoms with Gasteiger partial charge in [-0.15, -0.1) is 0 Å². The van der Waals surface area contributed by atoms with Crippen LogP contribution in [0.2, 0.25) is 0 Å². The van der Waals surface area contributed by atoms with E-state index in [2.05, 4.69) is 4.90 Å². The molecular formula is C10H19N3O3. The molecular weight excluding hydrogens is 210 g/mol. The van der Waals surface area contributed by atoms with E-state index in [0.29, 0.717) is 32.6 Å². The van der Waals surface area contributed by atoms with E-state index >= 15 is 0 Å². The number of amides is 1. The van der Waals surface area contributed by atoms with Crippen molar-refractivity contribution in [3.63, 3.8) is 0 Å². The molecule has 1 aliphatic heterocycles. The quantitative estimate of drug-likeness (QED) is 0.628. The lowest BCUT2D eigenvalue weighted by atomic mass is 10.2. The zero-order valence-corrected chi connectivity index (χ0v) is 9.39. The number of carbonyl (C=O) groups is 2. The Labute approximate surface area is 95.0 Å². The van der Waals surface area contributed by atoms with Crippen LogP contribution < -0.4 is 5.73 Å². The van der Waals surface area contributed by atoms with E-state index in [1.807, 2.05) is 0 Å². The number of piperazine rings is 1. The molecule has 0 aromatic heterocycles. The van der Waals surface area contributed by atoms with Crippen molar-refractivity contribution in [2.45, 2.75) is 12.8 Å². The van der Waals surface area contributed by atoms with Crippen molar-refractivity contribution in [2.75, 3.05) is 39.3 Å². The van der Waals surface area contributed by atoms with Crippen molar-refractivity contribution in [1.82, 2.24) is 9.80 Å². The molecule has 0 unspecified atom stereocenters. The van der Waals surface area contributed by atoms with Crippen molar-refractivity contribution < 1.29 is 14.7 Å². The van der Waals surface area contributed by atoms with E-state index in [1.165, 1.54) is 0 Å². The lowest BCUT2D eigenvalue weighted by molar-refractivity contribution is -0.138. The number of carboxylic acids is 1. The van der Waals surface area contributed by atoms with Crippen molar-refractivity contribution in [3.8, 4) is 0 Å². The van der Waals surface area contributed by atoms with E-state index < -0.39 is 5.97 Å². The Hall–Kier alpha value is -1.14. The molecule has 1 aliphatic rings. The number of nitrogens with zero attached hydrogens (tertiary/aromatic N) is 2. The minimum Gasteiger partial charge on any atom is -0.481 e. The normalized spacial score (nSPS) is 17.4. The monoisotopic (exact) mass is 229 g/mol. The summed E-state index contributed by atoms with van der Waals surface area (Å²) in [5.74, 6) is -0.679. The van der Waals surface area contributed by atoms with Crippen LogP contribution in [0.15, 0.2) is 0 Å². The maximum atomic E-state index is 11.5. The molecule has 1 amide bonds. The highest BCUT2D eigenvalue weighted by molar-refractivity contribution is 5.76. The van der Waals surface area contributed by atoms with E-state index in [-0.39, 0.29) is 12.3 Å². The number of aliphatic carboxylic acids is 1. The predicted octanol–water partition coefficient (Wildman–Crippen LogP) is -1.05. The molecule has 1 fully saturated rings. The molecule has 0 atom stereocenters.